The number of hydrogen-bond donors (Lipinski definition) is 1. The predicted molar refractivity (Wildman–Crippen MR) is 83.5 cm³/mol. The summed E-state index contributed by atoms with van der Waals surface area (Å²) in [6.45, 7) is 7.49. The third-order valence-corrected chi connectivity index (χ3v) is 4.52. The zero-order valence-electron chi connectivity index (χ0n) is 11.0. The fourth-order valence-electron chi connectivity index (χ4n) is 2.25. The summed E-state index contributed by atoms with van der Waals surface area (Å²) in [6, 6.07) is 9.04. The molecule has 1 heterocycles. The molecule has 1 nitrogen and oxygen atoms in total. The number of thiophene rings is 1. The third kappa shape index (κ3) is 2.85. The molecule has 1 N–H and O–H groups in total. The molecule has 18 heavy (non-hydrogen) atoms. The second-order valence-electron chi connectivity index (χ2n) is 4.42. The number of aryl methyl sites for hydroxylation is 2. The fraction of sp³-hybridized carbons (Fsp3) is 0.333. The molecular weight excluding hydrogens is 306 g/mol. The molecule has 0 aliphatic heterocycles. The molecule has 3 heteroatoms. The topological polar surface area (TPSA) is 12.0 Å². The van der Waals surface area contributed by atoms with Crippen LogP contribution in [0.3, 0.4) is 0 Å². The van der Waals surface area contributed by atoms with E-state index >= 15 is 0 Å². The summed E-state index contributed by atoms with van der Waals surface area (Å²) in [5.41, 5.74) is 4.08. The van der Waals surface area contributed by atoms with Crippen molar-refractivity contribution in [1.82, 2.24) is 5.32 Å². The van der Waals surface area contributed by atoms with Crippen LogP contribution in [0.4, 0.5) is 0 Å². The van der Waals surface area contributed by atoms with Crippen LogP contribution in [0.15, 0.2) is 34.1 Å². The molecule has 0 fully saturated rings. The van der Waals surface area contributed by atoms with E-state index in [9.17, 15) is 0 Å². The van der Waals surface area contributed by atoms with Crippen molar-refractivity contribution in [1.29, 1.82) is 0 Å². The van der Waals surface area contributed by atoms with E-state index in [0.29, 0.717) is 6.04 Å². The summed E-state index contributed by atoms with van der Waals surface area (Å²) in [5.74, 6) is 0. The highest BCUT2D eigenvalue weighted by Gasteiger charge is 2.17. The quantitative estimate of drug-likeness (QED) is 0.850. The van der Waals surface area contributed by atoms with E-state index in [1.165, 1.54) is 21.6 Å². The Hall–Kier alpha value is -0.640. The predicted octanol–water partition coefficient (Wildman–Crippen LogP) is 4.83. The van der Waals surface area contributed by atoms with Gasteiger partial charge in [-0.25, -0.2) is 0 Å². The van der Waals surface area contributed by atoms with Crippen LogP contribution in [0.1, 0.15) is 34.5 Å². The molecule has 96 valence electrons. The van der Waals surface area contributed by atoms with E-state index in [1.54, 1.807) is 0 Å². The molecule has 0 aliphatic rings. The Morgan fingerprint density at radius 3 is 2.56 bits per heavy atom. The number of benzene rings is 1. The van der Waals surface area contributed by atoms with Gasteiger partial charge in [-0.1, -0.05) is 28.9 Å². The second-order valence-corrected chi connectivity index (χ2v) is 6.46. The van der Waals surface area contributed by atoms with Gasteiger partial charge in [0.05, 0.1) is 6.04 Å². The lowest BCUT2D eigenvalue weighted by atomic mass is 9.95. The van der Waals surface area contributed by atoms with Gasteiger partial charge in [0.15, 0.2) is 0 Å². The Balaban J connectivity index is 2.45. The first-order valence-corrected chi connectivity index (χ1v) is 7.84. The van der Waals surface area contributed by atoms with Crippen molar-refractivity contribution in [3.8, 4) is 0 Å². The van der Waals surface area contributed by atoms with Gasteiger partial charge in [-0.2, -0.15) is 0 Å². The average molecular weight is 324 g/mol. The van der Waals surface area contributed by atoms with Crippen molar-refractivity contribution in [3.05, 3.63) is 55.7 Å². The molecule has 0 bridgehead atoms. The molecule has 0 saturated heterocycles. The lowest BCUT2D eigenvalue weighted by molar-refractivity contribution is 0.627. The lowest BCUT2D eigenvalue weighted by Gasteiger charge is -2.21. The molecule has 1 aromatic carbocycles. The molecule has 0 aliphatic carbocycles. The average Bonchev–Trinajstić information content (AvgIpc) is 2.73. The van der Waals surface area contributed by atoms with Crippen molar-refractivity contribution in [2.45, 2.75) is 26.8 Å². The van der Waals surface area contributed by atoms with Gasteiger partial charge in [0.25, 0.3) is 0 Å². The number of rotatable bonds is 4. The lowest BCUT2D eigenvalue weighted by Crippen LogP contribution is -2.22. The second kappa shape index (κ2) is 6.00. The zero-order valence-corrected chi connectivity index (χ0v) is 13.4. The minimum Gasteiger partial charge on any atom is -0.306 e. The van der Waals surface area contributed by atoms with E-state index in [2.05, 4.69) is 71.7 Å². The van der Waals surface area contributed by atoms with Crippen LogP contribution >= 0.6 is 27.3 Å². The van der Waals surface area contributed by atoms with Crippen molar-refractivity contribution in [2.75, 3.05) is 6.54 Å². The van der Waals surface area contributed by atoms with Crippen molar-refractivity contribution in [2.24, 2.45) is 0 Å². The monoisotopic (exact) mass is 323 g/mol. The van der Waals surface area contributed by atoms with Gasteiger partial charge < -0.3 is 5.32 Å². The maximum absolute atomic E-state index is 3.59. The number of halogens is 1. The van der Waals surface area contributed by atoms with Gasteiger partial charge in [-0.05, 0) is 60.7 Å². The van der Waals surface area contributed by atoms with Gasteiger partial charge in [-0.3, -0.25) is 0 Å². The van der Waals surface area contributed by atoms with Crippen LogP contribution in [0.2, 0.25) is 0 Å². The Bertz CT molecular complexity index is 533. The molecule has 0 spiro atoms. The Kier molecular flexibility index (Phi) is 4.60. The molecule has 1 atom stereocenters. The van der Waals surface area contributed by atoms with E-state index in [-0.39, 0.29) is 0 Å². The van der Waals surface area contributed by atoms with Gasteiger partial charge in [0, 0.05) is 9.35 Å². The first-order valence-electron chi connectivity index (χ1n) is 6.17. The molecule has 1 aromatic heterocycles. The summed E-state index contributed by atoms with van der Waals surface area (Å²) < 4.78 is 1.14. The summed E-state index contributed by atoms with van der Waals surface area (Å²) in [7, 11) is 0. The molecule has 1 unspecified atom stereocenters. The Morgan fingerprint density at radius 2 is 2.00 bits per heavy atom. The van der Waals surface area contributed by atoms with Crippen molar-refractivity contribution >= 4 is 27.3 Å². The van der Waals surface area contributed by atoms with Crippen molar-refractivity contribution in [3.63, 3.8) is 0 Å². The molecule has 0 saturated carbocycles. The first kappa shape index (κ1) is 13.8. The highest BCUT2D eigenvalue weighted by Crippen LogP contribution is 2.31. The van der Waals surface area contributed by atoms with Crippen LogP contribution in [-0.2, 0) is 0 Å². The van der Waals surface area contributed by atoms with Crippen molar-refractivity contribution < 1.29 is 0 Å². The van der Waals surface area contributed by atoms with Gasteiger partial charge >= 0.3 is 0 Å². The minimum atomic E-state index is 0.300. The van der Waals surface area contributed by atoms with Crippen LogP contribution < -0.4 is 5.32 Å². The summed E-state index contributed by atoms with van der Waals surface area (Å²) in [5, 5.41) is 5.76. The Labute approximate surface area is 121 Å². The van der Waals surface area contributed by atoms with Gasteiger partial charge in [-0.15, -0.1) is 11.3 Å². The highest BCUT2D eigenvalue weighted by atomic mass is 79.9. The number of hydrogen-bond acceptors (Lipinski definition) is 2. The summed E-state index contributed by atoms with van der Waals surface area (Å²) >= 11 is 5.34. The van der Waals surface area contributed by atoms with E-state index in [4.69, 9.17) is 0 Å². The third-order valence-electron chi connectivity index (χ3n) is 3.16. The van der Waals surface area contributed by atoms with Crippen LogP contribution in [0.5, 0.6) is 0 Å². The Morgan fingerprint density at radius 1 is 1.22 bits per heavy atom. The molecule has 0 amide bonds. The largest absolute Gasteiger partial charge is 0.306 e. The van der Waals surface area contributed by atoms with E-state index < -0.39 is 0 Å². The van der Waals surface area contributed by atoms with E-state index in [0.717, 1.165) is 11.0 Å². The normalized spacial score (nSPS) is 12.7. The minimum absolute atomic E-state index is 0.300. The molecule has 0 radical (unpaired) electrons. The SMILES string of the molecule is CCNC(c1ccc(Br)cc1C)c1ccsc1C. The maximum atomic E-state index is 3.59. The summed E-state index contributed by atoms with van der Waals surface area (Å²) in [4.78, 5) is 1.39. The van der Waals surface area contributed by atoms with Gasteiger partial charge in [0.2, 0.25) is 0 Å². The zero-order chi connectivity index (χ0) is 13.1. The molecular formula is C15H18BrNS. The van der Waals surface area contributed by atoms with Crippen LogP contribution in [-0.4, -0.2) is 6.54 Å². The first-order chi connectivity index (χ1) is 8.63. The number of nitrogens with one attached hydrogen (secondary N) is 1. The smallest absolute Gasteiger partial charge is 0.0590 e. The standard InChI is InChI=1S/C15H18BrNS/c1-4-17-15(14-7-8-18-11(14)3)13-6-5-12(16)9-10(13)2/h5-9,15,17H,4H2,1-3H3. The van der Waals surface area contributed by atoms with Gasteiger partial charge in [0.1, 0.15) is 0 Å². The van der Waals surface area contributed by atoms with Crippen LogP contribution in [0.25, 0.3) is 0 Å². The summed E-state index contributed by atoms with van der Waals surface area (Å²) in [6.07, 6.45) is 0. The fourth-order valence-corrected chi connectivity index (χ4v) is 3.47. The van der Waals surface area contributed by atoms with Crippen LogP contribution in [0, 0.1) is 13.8 Å². The maximum Gasteiger partial charge on any atom is 0.0590 e. The molecule has 2 aromatic rings. The molecule has 2 rings (SSSR count). The highest BCUT2D eigenvalue weighted by molar-refractivity contribution is 9.10. The van der Waals surface area contributed by atoms with E-state index in [1.807, 2.05) is 11.3 Å².